The standard InChI is InChI=1S/C18H40N2O4/c1-15(5-11-21)19(16(2)6-12-22)9-10-20(17(3)7-13-23)18(4)8-14-24/h15-18,21-24H,5-14H2,1-4H3. The summed E-state index contributed by atoms with van der Waals surface area (Å²) in [5.74, 6) is 0. The Balaban J connectivity index is 4.92. The Morgan fingerprint density at radius 3 is 0.875 bits per heavy atom. The van der Waals surface area contributed by atoms with Crippen LogP contribution in [0.25, 0.3) is 0 Å². The molecule has 0 radical (unpaired) electrons. The summed E-state index contributed by atoms with van der Waals surface area (Å²) in [5, 5.41) is 37.0. The molecule has 6 nitrogen and oxygen atoms in total. The topological polar surface area (TPSA) is 87.4 Å². The molecule has 0 aliphatic carbocycles. The van der Waals surface area contributed by atoms with Gasteiger partial charge in [0, 0.05) is 63.7 Å². The smallest absolute Gasteiger partial charge is 0.0445 e. The maximum atomic E-state index is 9.25. The summed E-state index contributed by atoms with van der Waals surface area (Å²) in [6.45, 7) is 10.8. The van der Waals surface area contributed by atoms with Crippen LogP contribution in [0.1, 0.15) is 53.4 Å². The van der Waals surface area contributed by atoms with E-state index >= 15 is 0 Å². The second-order valence-corrected chi connectivity index (χ2v) is 6.92. The van der Waals surface area contributed by atoms with Crippen molar-refractivity contribution < 1.29 is 20.4 Å². The van der Waals surface area contributed by atoms with Crippen LogP contribution in [0.2, 0.25) is 0 Å². The van der Waals surface area contributed by atoms with Crippen LogP contribution in [0.4, 0.5) is 0 Å². The van der Waals surface area contributed by atoms with Crippen LogP contribution in [-0.4, -0.2) is 93.9 Å². The van der Waals surface area contributed by atoms with Crippen molar-refractivity contribution in [2.24, 2.45) is 0 Å². The van der Waals surface area contributed by atoms with Gasteiger partial charge in [0.15, 0.2) is 0 Å². The van der Waals surface area contributed by atoms with E-state index in [4.69, 9.17) is 0 Å². The summed E-state index contributed by atoms with van der Waals surface area (Å²) < 4.78 is 0. The lowest BCUT2D eigenvalue weighted by atomic mass is 10.1. The first-order valence-electron chi connectivity index (χ1n) is 9.37. The minimum atomic E-state index is 0.162. The molecule has 0 aliphatic heterocycles. The maximum Gasteiger partial charge on any atom is 0.0445 e. The van der Waals surface area contributed by atoms with Gasteiger partial charge in [0.25, 0.3) is 0 Å². The number of rotatable bonds is 15. The fraction of sp³-hybridized carbons (Fsp3) is 1.00. The fourth-order valence-corrected chi connectivity index (χ4v) is 3.39. The summed E-state index contributed by atoms with van der Waals surface area (Å²) in [5.41, 5.74) is 0. The molecule has 4 atom stereocenters. The molecule has 0 aromatic heterocycles. The largest absolute Gasteiger partial charge is 0.396 e. The van der Waals surface area contributed by atoms with Gasteiger partial charge >= 0.3 is 0 Å². The molecule has 0 saturated heterocycles. The Morgan fingerprint density at radius 2 is 0.708 bits per heavy atom. The molecule has 0 aromatic carbocycles. The number of aliphatic hydroxyl groups is 4. The maximum absolute atomic E-state index is 9.25. The molecule has 4 N–H and O–H groups in total. The van der Waals surface area contributed by atoms with Gasteiger partial charge in [0.05, 0.1) is 0 Å². The van der Waals surface area contributed by atoms with E-state index in [1.807, 2.05) is 0 Å². The molecule has 4 unspecified atom stereocenters. The zero-order chi connectivity index (χ0) is 18.5. The highest BCUT2D eigenvalue weighted by Gasteiger charge is 2.24. The predicted octanol–water partition coefficient (Wildman–Crippen LogP) is 0.674. The van der Waals surface area contributed by atoms with E-state index in [0.717, 1.165) is 13.1 Å². The lowest BCUT2D eigenvalue weighted by molar-refractivity contribution is 0.0605. The Morgan fingerprint density at radius 1 is 0.500 bits per heavy atom. The van der Waals surface area contributed by atoms with Crippen molar-refractivity contribution in [2.45, 2.75) is 77.5 Å². The van der Waals surface area contributed by atoms with Crippen LogP contribution in [0, 0.1) is 0 Å². The van der Waals surface area contributed by atoms with Gasteiger partial charge in [-0.25, -0.2) is 0 Å². The molecular weight excluding hydrogens is 308 g/mol. The first kappa shape index (κ1) is 23.8. The third-order valence-electron chi connectivity index (χ3n) is 5.07. The van der Waals surface area contributed by atoms with E-state index in [9.17, 15) is 20.4 Å². The van der Waals surface area contributed by atoms with Gasteiger partial charge in [-0.2, -0.15) is 0 Å². The highest BCUT2D eigenvalue weighted by molar-refractivity contribution is 4.79. The van der Waals surface area contributed by atoms with Crippen LogP contribution in [0.5, 0.6) is 0 Å². The molecule has 0 bridgehead atoms. The summed E-state index contributed by atoms with van der Waals surface area (Å²) in [7, 11) is 0. The molecule has 146 valence electrons. The van der Waals surface area contributed by atoms with E-state index < -0.39 is 0 Å². The Kier molecular flexibility index (Phi) is 13.8. The van der Waals surface area contributed by atoms with Crippen LogP contribution in [0.3, 0.4) is 0 Å². The van der Waals surface area contributed by atoms with E-state index in [1.165, 1.54) is 0 Å². The zero-order valence-electron chi connectivity index (χ0n) is 16.1. The highest BCUT2D eigenvalue weighted by atomic mass is 16.3. The van der Waals surface area contributed by atoms with Crippen molar-refractivity contribution in [1.82, 2.24) is 9.80 Å². The van der Waals surface area contributed by atoms with E-state index in [1.54, 1.807) is 0 Å². The average Bonchev–Trinajstić information content (AvgIpc) is 2.52. The molecule has 0 rings (SSSR count). The molecule has 0 amide bonds. The van der Waals surface area contributed by atoms with Crippen molar-refractivity contribution in [2.75, 3.05) is 39.5 Å². The van der Waals surface area contributed by atoms with Crippen molar-refractivity contribution in [3.05, 3.63) is 0 Å². The monoisotopic (exact) mass is 348 g/mol. The Bertz CT molecular complexity index is 242. The fourth-order valence-electron chi connectivity index (χ4n) is 3.39. The van der Waals surface area contributed by atoms with Crippen molar-refractivity contribution in [1.29, 1.82) is 0 Å². The second-order valence-electron chi connectivity index (χ2n) is 6.92. The average molecular weight is 349 g/mol. The first-order valence-corrected chi connectivity index (χ1v) is 9.37. The number of nitrogens with zero attached hydrogens (tertiary/aromatic N) is 2. The summed E-state index contributed by atoms with van der Waals surface area (Å²) in [6, 6.07) is 0.999. The van der Waals surface area contributed by atoms with Gasteiger partial charge in [-0.05, 0) is 53.4 Å². The molecule has 0 aromatic rings. The van der Waals surface area contributed by atoms with Gasteiger partial charge in [-0.3, -0.25) is 9.80 Å². The minimum Gasteiger partial charge on any atom is -0.396 e. The van der Waals surface area contributed by atoms with Gasteiger partial charge in [0.1, 0.15) is 0 Å². The number of hydrogen-bond acceptors (Lipinski definition) is 6. The number of aliphatic hydroxyl groups excluding tert-OH is 4. The lowest BCUT2D eigenvalue weighted by Crippen LogP contribution is -2.49. The molecule has 0 aliphatic rings. The molecular formula is C18H40N2O4. The third-order valence-corrected chi connectivity index (χ3v) is 5.07. The van der Waals surface area contributed by atoms with E-state index in [-0.39, 0.29) is 50.6 Å². The SMILES string of the molecule is CC(CCO)N(CCN(C(C)CCO)C(C)CCO)C(C)CCO. The molecule has 0 spiro atoms. The number of hydrogen-bond donors (Lipinski definition) is 4. The van der Waals surface area contributed by atoms with Crippen molar-refractivity contribution in [3.8, 4) is 0 Å². The molecule has 24 heavy (non-hydrogen) atoms. The van der Waals surface area contributed by atoms with Gasteiger partial charge in [-0.1, -0.05) is 0 Å². The molecule has 0 saturated carbocycles. The Hall–Kier alpha value is -0.240. The molecule has 6 heteroatoms. The zero-order valence-corrected chi connectivity index (χ0v) is 16.1. The van der Waals surface area contributed by atoms with Gasteiger partial charge in [-0.15, -0.1) is 0 Å². The summed E-state index contributed by atoms with van der Waals surface area (Å²) >= 11 is 0. The summed E-state index contributed by atoms with van der Waals surface area (Å²) in [6.07, 6.45) is 2.87. The van der Waals surface area contributed by atoms with Crippen LogP contribution in [-0.2, 0) is 0 Å². The van der Waals surface area contributed by atoms with E-state index in [0.29, 0.717) is 25.7 Å². The van der Waals surface area contributed by atoms with Crippen LogP contribution < -0.4 is 0 Å². The van der Waals surface area contributed by atoms with Crippen LogP contribution >= 0.6 is 0 Å². The second kappa shape index (κ2) is 14.0. The van der Waals surface area contributed by atoms with Crippen molar-refractivity contribution in [3.63, 3.8) is 0 Å². The normalized spacial score (nSPS) is 17.2. The first-order chi connectivity index (χ1) is 11.4. The van der Waals surface area contributed by atoms with Crippen LogP contribution in [0.15, 0.2) is 0 Å². The predicted molar refractivity (Wildman–Crippen MR) is 98.1 cm³/mol. The van der Waals surface area contributed by atoms with Crippen molar-refractivity contribution >= 4 is 0 Å². The van der Waals surface area contributed by atoms with Gasteiger partial charge < -0.3 is 20.4 Å². The molecule has 0 heterocycles. The minimum absolute atomic E-state index is 0.162. The van der Waals surface area contributed by atoms with E-state index in [2.05, 4.69) is 37.5 Å². The Labute approximate surface area is 148 Å². The lowest BCUT2D eigenvalue weighted by Gasteiger charge is -2.39. The van der Waals surface area contributed by atoms with Gasteiger partial charge in [0.2, 0.25) is 0 Å². The summed E-state index contributed by atoms with van der Waals surface area (Å²) in [4.78, 5) is 4.69. The molecule has 0 fully saturated rings. The highest BCUT2D eigenvalue weighted by Crippen LogP contribution is 2.16. The quantitative estimate of drug-likeness (QED) is 0.348. The third kappa shape index (κ3) is 8.74.